The summed E-state index contributed by atoms with van der Waals surface area (Å²) in [5, 5.41) is 1.86. The van der Waals surface area contributed by atoms with Crippen LogP contribution in [0.3, 0.4) is 0 Å². The summed E-state index contributed by atoms with van der Waals surface area (Å²) in [5.74, 6) is 0. The average molecular weight is 357 g/mol. The topological polar surface area (TPSA) is 75.7 Å². The number of thiophene rings is 1. The molecule has 0 aliphatic rings. The molecule has 0 atom stereocenters. The highest BCUT2D eigenvalue weighted by molar-refractivity contribution is 9.10. The van der Waals surface area contributed by atoms with E-state index in [2.05, 4.69) is 20.7 Å². The van der Waals surface area contributed by atoms with E-state index in [0.717, 1.165) is 13.7 Å². The Morgan fingerprint density at radius 2 is 2.28 bits per heavy atom. The van der Waals surface area contributed by atoms with E-state index in [1.54, 1.807) is 6.92 Å². The minimum absolute atomic E-state index is 0.114. The molecule has 1 amide bonds. The first kappa shape index (κ1) is 15.4. The second-order valence-corrected chi connectivity index (χ2v) is 7.00. The smallest absolute Gasteiger partial charge is 0.421 e. The molecule has 1 rings (SSSR count). The monoisotopic (exact) mass is 356 g/mol. The average Bonchev–Trinajstić information content (AvgIpc) is 2.63. The molecule has 0 aliphatic carbocycles. The SMILES string of the molecule is CCOC(=O)NS(=O)(=O)N(C)Cc1cc(Br)cs1. The van der Waals surface area contributed by atoms with Gasteiger partial charge in [-0.05, 0) is 28.9 Å². The van der Waals surface area contributed by atoms with Crippen LogP contribution in [-0.2, 0) is 21.5 Å². The van der Waals surface area contributed by atoms with Crippen LogP contribution in [-0.4, -0.2) is 32.5 Å². The van der Waals surface area contributed by atoms with Crippen molar-refractivity contribution in [3.05, 3.63) is 20.8 Å². The van der Waals surface area contributed by atoms with E-state index in [4.69, 9.17) is 0 Å². The highest BCUT2D eigenvalue weighted by Gasteiger charge is 2.21. The number of halogens is 1. The van der Waals surface area contributed by atoms with Gasteiger partial charge in [0.1, 0.15) is 0 Å². The van der Waals surface area contributed by atoms with Crippen LogP contribution >= 0.6 is 27.3 Å². The van der Waals surface area contributed by atoms with Gasteiger partial charge < -0.3 is 4.74 Å². The lowest BCUT2D eigenvalue weighted by atomic mass is 10.5. The summed E-state index contributed by atoms with van der Waals surface area (Å²) in [6.07, 6.45) is -0.975. The molecule has 0 aromatic carbocycles. The molecular formula is C9H13BrN2O4S2. The molecule has 0 saturated heterocycles. The Hall–Kier alpha value is -0.640. The normalized spacial score (nSPS) is 11.6. The van der Waals surface area contributed by atoms with E-state index in [1.807, 2.05) is 16.2 Å². The van der Waals surface area contributed by atoms with Crippen molar-refractivity contribution >= 4 is 43.6 Å². The number of amides is 1. The van der Waals surface area contributed by atoms with Gasteiger partial charge in [-0.25, -0.2) is 9.52 Å². The second kappa shape index (κ2) is 6.50. The number of hydrogen-bond donors (Lipinski definition) is 1. The third-order valence-electron chi connectivity index (χ3n) is 1.90. The van der Waals surface area contributed by atoms with E-state index in [1.165, 1.54) is 18.4 Å². The third-order valence-corrected chi connectivity index (χ3v) is 4.96. The van der Waals surface area contributed by atoms with E-state index < -0.39 is 16.3 Å². The third kappa shape index (κ3) is 4.56. The van der Waals surface area contributed by atoms with Crippen LogP contribution in [0.2, 0.25) is 0 Å². The van der Waals surface area contributed by atoms with Crippen molar-refractivity contribution in [3.8, 4) is 0 Å². The predicted octanol–water partition coefficient (Wildman–Crippen LogP) is 1.93. The van der Waals surface area contributed by atoms with Gasteiger partial charge in [0, 0.05) is 28.3 Å². The summed E-state index contributed by atoms with van der Waals surface area (Å²) >= 11 is 4.71. The largest absolute Gasteiger partial charge is 0.449 e. The lowest BCUT2D eigenvalue weighted by Gasteiger charge is -2.16. The zero-order valence-electron chi connectivity index (χ0n) is 9.84. The standard InChI is InChI=1S/C9H13BrN2O4S2/c1-3-16-9(13)11-18(14,15)12(2)5-8-4-7(10)6-17-8/h4,6H,3,5H2,1-2H3,(H,11,13). The zero-order chi connectivity index (χ0) is 13.8. The minimum Gasteiger partial charge on any atom is -0.449 e. The molecule has 6 nitrogen and oxygen atoms in total. The molecule has 0 saturated carbocycles. The van der Waals surface area contributed by atoms with Crippen LogP contribution in [0.4, 0.5) is 4.79 Å². The van der Waals surface area contributed by atoms with Gasteiger partial charge in [-0.2, -0.15) is 12.7 Å². The maximum absolute atomic E-state index is 11.7. The first-order valence-corrected chi connectivity index (χ1v) is 8.10. The number of carbonyl (C=O) groups excluding carboxylic acids is 1. The van der Waals surface area contributed by atoms with E-state index in [9.17, 15) is 13.2 Å². The van der Waals surface area contributed by atoms with Crippen molar-refractivity contribution in [1.29, 1.82) is 0 Å². The Bertz CT molecular complexity index is 514. The van der Waals surface area contributed by atoms with Crippen molar-refractivity contribution in [1.82, 2.24) is 9.03 Å². The number of carbonyl (C=O) groups is 1. The molecule has 18 heavy (non-hydrogen) atoms. The summed E-state index contributed by atoms with van der Waals surface area (Å²) in [6.45, 7) is 1.90. The Labute approximate surface area is 118 Å². The fourth-order valence-corrected chi connectivity index (χ4v) is 3.40. The number of rotatable bonds is 5. The maximum Gasteiger partial charge on any atom is 0.421 e. The highest BCUT2D eigenvalue weighted by Crippen LogP contribution is 2.21. The fraction of sp³-hybridized carbons (Fsp3) is 0.444. The van der Waals surface area contributed by atoms with Crippen LogP contribution < -0.4 is 4.72 Å². The van der Waals surface area contributed by atoms with Gasteiger partial charge in [-0.15, -0.1) is 11.3 Å². The molecule has 1 aromatic rings. The number of nitrogens with zero attached hydrogens (tertiary/aromatic N) is 1. The van der Waals surface area contributed by atoms with Gasteiger partial charge >= 0.3 is 16.3 Å². The fourth-order valence-electron chi connectivity index (χ4n) is 1.08. The Balaban J connectivity index is 2.64. The lowest BCUT2D eigenvalue weighted by molar-refractivity contribution is 0.158. The minimum atomic E-state index is -3.87. The molecule has 9 heteroatoms. The van der Waals surface area contributed by atoms with Crippen LogP contribution in [0.25, 0.3) is 0 Å². The Kier molecular flexibility index (Phi) is 5.57. The molecule has 0 fully saturated rings. The van der Waals surface area contributed by atoms with E-state index in [-0.39, 0.29) is 13.2 Å². The summed E-state index contributed by atoms with van der Waals surface area (Å²) in [7, 11) is -2.49. The van der Waals surface area contributed by atoms with Gasteiger partial charge in [0.2, 0.25) is 0 Å². The molecule has 102 valence electrons. The molecule has 1 N–H and O–H groups in total. The van der Waals surface area contributed by atoms with Crippen molar-refractivity contribution < 1.29 is 17.9 Å². The van der Waals surface area contributed by atoms with Gasteiger partial charge in [-0.3, -0.25) is 0 Å². The van der Waals surface area contributed by atoms with Crippen LogP contribution in [0.15, 0.2) is 15.9 Å². The van der Waals surface area contributed by atoms with Gasteiger partial charge in [0.05, 0.1) is 6.61 Å². The molecule has 0 bridgehead atoms. The molecule has 0 unspecified atom stereocenters. The molecular weight excluding hydrogens is 344 g/mol. The second-order valence-electron chi connectivity index (χ2n) is 3.31. The molecule has 0 radical (unpaired) electrons. The molecule has 1 heterocycles. The zero-order valence-corrected chi connectivity index (χ0v) is 13.1. The summed E-state index contributed by atoms with van der Waals surface area (Å²) < 4.78 is 31.7. The first-order chi connectivity index (χ1) is 8.35. The summed E-state index contributed by atoms with van der Waals surface area (Å²) in [5.41, 5.74) is 0. The molecule has 0 spiro atoms. The summed E-state index contributed by atoms with van der Waals surface area (Å²) in [4.78, 5) is 11.9. The molecule has 0 aliphatic heterocycles. The number of nitrogens with one attached hydrogen (secondary N) is 1. The highest BCUT2D eigenvalue weighted by atomic mass is 79.9. The van der Waals surface area contributed by atoms with Gasteiger partial charge in [0.15, 0.2) is 0 Å². The van der Waals surface area contributed by atoms with Crippen LogP contribution in [0.1, 0.15) is 11.8 Å². The number of ether oxygens (including phenoxy) is 1. The van der Waals surface area contributed by atoms with Crippen LogP contribution in [0.5, 0.6) is 0 Å². The predicted molar refractivity (Wildman–Crippen MR) is 72.6 cm³/mol. The first-order valence-electron chi connectivity index (χ1n) is 4.99. The lowest BCUT2D eigenvalue weighted by Crippen LogP contribution is -2.41. The van der Waals surface area contributed by atoms with Crippen molar-refractivity contribution in [2.24, 2.45) is 0 Å². The molecule has 1 aromatic heterocycles. The van der Waals surface area contributed by atoms with E-state index in [0.29, 0.717) is 0 Å². The quantitative estimate of drug-likeness (QED) is 0.874. The summed E-state index contributed by atoms with van der Waals surface area (Å²) in [6, 6.07) is 1.82. The van der Waals surface area contributed by atoms with Crippen molar-refractivity contribution in [3.63, 3.8) is 0 Å². The van der Waals surface area contributed by atoms with Crippen LogP contribution in [0, 0.1) is 0 Å². The van der Waals surface area contributed by atoms with Crippen molar-refractivity contribution in [2.45, 2.75) is 13.5 Å². The van der Waals surface area contributed by atoms with Gasteiger partial charge in [-0.1, -0.05) is 0 Å². The van der Waals surface area contributed by atoms with Gasteiger partial charge in [0.25, 0.3) is 0 Å². The maximum atomic E-state index is 11.7. The Morgan fingerprint density at radius 1 is 1.61 bits per heavy atom. The Morgan fingerprint density at radius 3 is 2.78 bits per heavy atom. The van der Waals surface area contributed by atoms with E-state index >= 15 is 0 Å². The number of hydrogen-bond acceptors (Lipinski definition) is 5. The van der Waals surface area contributed by atoms with Crippen molar-refractivity contribution in [2.75, 3.05) is 13.7 Å².